The minimum atomic E-state index is 0.0312. The molecule has 1 unspecified atom stereocenters. The van der Waals surface area contributed by atoms with Gasteiger partial charge in [0.05, 0.1) is 13.7 Å². The fourth-order valence-electron chi connectivity index (χ4n) is 4.24. The first-order valence-corrected chi connectivity index (χ1v) is 9.37. The first-order valence-electron chi connectivity index (χ1n) is 9.37. The lowest BCUT2D eigenvalue weighted by Crippen LogP contribution is -2.33. The molecule has 2 aliphatic rings. The van der Waals surface area contributed by atoms with E-state index in [0.717, 1.165) is 37.4 Å². The summed E-state index contributed by atoms with van der Waals surface area (Å²) >= 11 is 0. The maximum absolute atomic E-state index is 9.22. The molecule has 1 saturated heterocycles. The number of hydrogen-bond donors (Lipinski definition) is 2. The van der Waals surface area contributed by atoms with Gasteiger partial charge in [0.15, 0.2) is 0 Å². The Morgan fingerprint density at radius 1 is 1.23 bits per heavy atom. The van der Waals surface area contributed by atoms with Crippen LogP contribution in [0.2, 0.25) is 0 Å². The first kappa shape index (κ1) is 17.1. The smallest absolute Gasteiger partial charge is 0.119 e. The molecule has 4 heteroatoms. The second-order valence-electron chi connectivity index (χ2n) is 6.94. The summed E-state index contributed by atoms with van der Waals surface area (Å²) in [5.74, 6) is 0.829. The molecule has 0 bridgehead atoms. The number of methoxy groups -OCH3 is 1. The van der Waals surface area contributed by atoms with E-state index >= 15 is 0 Å². The highest BCUT2D eigenvalue weighted by atomic mass is 16.5. The van der Waals surface area contributed by atoms with Gasteiger partial charge in [0.25, 0.3) is 0 Å². The maximum atomic E-state index is 9.22. The van der Waals surface area contributed by atoms with Crippen LogP contribution in [0.4, 0.5) is 5.69 Å². The molecule has 0 radical (unpaired) electrons. The largest absolute Gasteiger partial charge is 0.497 e. The van der Waals surface area contributed by atoms with Gasteiger partial charge in [-0.3, -0.25) is 0 Å². The molecule has 0 aliphatic carbocycles. The molecule has 0 spiro atoms. The van der Waals surface area contributed by atoms with Gasteiger partial charge in [-0.25, -0.2) is 0 Å². The van der Waals surface area contributed by atoms with Gasteiger partial charge in [-0.1, -0.05) is 36.4 Å². The van der Waals surface area contributed by atoms with Gasteiger partial charge in [-0.2, -0.15) is 0 Å². The predicted molar refractivity (Wildman–Crippen MR) is 107 cm³/mol. The topological polar surface area (TPSA) is 44.7 Å². The number of fused-ring (bicyclic) bond motifs is 3. The highest BCUT2D eigenvalue weighted by Crippen LogP contribution is 2.43. The molecule has 2 aromatic carbocycles. The number of hydrogen-bond acceptors (Lipinski definition) is 4. The normalized spacial score (nSPS) is 19.3. The number of anilines is 1. The molecule has 1 atom stereocenters. The lowest BCUT2D eigenvalue weighted by molar-refractivity contribution is 0.343. The van der Waals surface area contributed by atoms with E-state index in [9.17, 15) is 5.11 Å². The zero-order chi connectivity index (χ0) is 17.9. The summed E-state index contributed by atoms with van der Waals surface area (Å²) in [6.45, 7) is 3.21. The van der Waals surface area contributed by atoms with Crippen LogP contribution in [0.1, 0.15) is 17.5 Å². The van der Waals surface area contributed by atoms with E-state index in [1.54, 1.807) is 13.2 Å². The van der Waals surface area contributed by atoms with E-state index in [4.69, 9.17) is 4.74 Å². The van der Waals surface area contributed by atoms with Crippen molar-refractivity contribution in [2.75, 3.05) is 38.3 Å². The average Bonchev–Trinajstić information content (AvgIpc) is 2.87. The fraction of sp³-hybridized carbons (Fsp3) is 0.364. The van der Waals surface area contributed by atoms with E-state index in [2.05, 4.69) is 34.5 Å². The number of nitrogens with one attached hydrogen (secondary N) is 1. The molecule has 136 valence electrons. The van der Waals surface area contributed by atoms with Crippen LogP contribution in [0.15, 0.2) is 42.5 Å². The van der Waals surface area contributed by atoms with Crippen molar-refractivity contribution in [2.24, 2.45) is 0 Å². The fourth-order valence-corrected chi connectivity index (χ4v) is 4.24. The van der Waals surface area contributed by atoms with Crippen LogP contribution in [0.25, 0.3) is 17.2 Å². The summed E-state index contributed by atoms with van der Waals surface area (Å²) < 4.78 is 5.41. The SMILES string of the molecule is COc1ccc(-c2cccc3c2N2CCNCCC2C3)c(/C=C\CO)c1. The standard InChI is InChI=1S/C22H26N2O2/c1-26-19-7-8-20(16(15-19)5-3-13-25)21-6-2-4-17-14-18-9-10-23-11-12-24(18)22(17)21/h2-8,15,18,23,25H,9-14H2,1H3/b5-3-. The van der Waals surface area contributed by atoms with E-state index in [-0.39, 0.29) is 6.61 Å². The van der Waals surface area contributed by atoms with Crippen molar-refractivity contribution in [3.63, 3.8) is 0 Å². The quantitative estimate of drug-likeness (QED) is 0.889. The van der Waals surface area contributed by atoms with Crippen LogP contribution >= 0.6 is 0 Å². The summed E-state index contributed by atoms with van der Waals surface area (Å²) in [7, 11) is 1.68. The number of para-hydroxylation sites is 1. The summed E-state index contributed by atoms with van der Waals surface area (Å²) in [5.41, 5.74) is 6.35. The van der Waals surface area contributed by atoms with E-state index in [0.29, 0.717) is 6.04 Å². The molecule has 1 fully saturated rings. The molecule has 0 aromatic heterocycles. The molecule has 2 N–H and O–H groups in total. The minimum Gasteiger partial charge on any atom is -0.497 e. The highest BCUT2D eigenvalue weighted by Gasteiger charge is 2.32. The molecule has 4 rings (SSSR count). The number of aliphatic hydroxyl groups excluding tert-OH is 1. The van der Waals surface area contributed by atoms with E-state index < -0.39 is 0 Å². The lowest BCUT2D eigenvalue weighted by Gasteiger charge is -2.27. The molecule has 0 amide bonds. The number of aliphatic hydroxyl groups is 1. The Bertz CT molecular complexity index is 816. The second-order valence-corrected chi connectivity index (χ2v) is 6.94. The molecule has 2 aliphatic heterocycles. The first-order chi connectivity index (χ1) is 12.8. The Kier molecular flexibility index (Phi) is 4.96. The second kappa shape index (κ2) is 7.52. The Morgan fingerprint density at radius 3 is 3.00 bits per heavy atom. The zero-order valence-corrected chi connectivity index (χ0v) is 15.2. The number of nitrogens with zero attached hydrogens (tertiary/aromatic N) is 1. The van der Waals surface area contributed by atoms with Crippen LogP contribution in [-0.2, 0) is 6.42 Å². The van der Waals surface area contributed by atoms with Crippen molar-refractivity contribution in [2.45, 2.75) is 18.9 Å². The van der Waals surface area contributed by atoms with Gasteiger partial charge in [-0.05, 0) is 48.2 Å². The third-order valence-electron chi connectivity index (χ3n) is 5.44. The molecule has 2 heterocycles. The summed E-state index contributed by atoms with van der Waals surface area (Å²) in [4.78, 5) is 2.59. The minimum absolute atomic E-state index is 0.0312. The predicted octanol–water partition coefficient (Wildman–Crippen LogP) is 3.09. The van der Waals surface area contributed by atoms with Gasteiger partial charge in [0, 0.05) is 30.4 Å². The number of benzene rings is 2. The Morgan fingerprint density at radius 2 is 2.15 bits per heavy atom. The van der Waals surface area contributed by atoms with Crippen molar-refractivity contribution < 1.29 is 9.84 Å². The monoisotopic (exact) mass is 350 g/mol. The highest BCUT2D eigenvalue weighted by molar-refractivity contribution is 5.88. The van der Waals surface area contributed by atoms with Crippen molar-refractivity contribution >= 4 is 11.8 Å². The van der Waals surface area contributed by atoms with E-state index in [1.807, 2.05) is 18.2 Å². The van der Waals surface area contributed by atoms with Crippen LogP contribution in [0.3, 0.4) is 0 Å². The number of rotatable bonds is 4. The summed E-state index contributed by atoms with van der Waals surface area (Å²) in [5, 5.41) is 12.7. The molecule has 4 nitrogen and oxygen atoms in total. The molecule has 0 saturated carbocycles. The summed E-state index contributed by atoms with van der Waals surface area (Å²) in [6, 6.07) is 13.4. The van der Waals surface area contributed by atoms with Gasteiger partial charge in [0.1, 0.15) is 5.75 Å². The third kappa shape index (κ3) is 3.11. The van der Waals surface area contributed by atoms with Crippen molar-refractivity contribution in [1.82, 2.24) is 5.32 Å². The zero-order valence-electron chi connectivity index (χ0n) is 15.2. The van der Waals surface area contributed by atoms with Gasteiger partial charge < -0.3 is 20.1 Å². The van der Waals surface area contributed by atoms with Crippen LogP contribution in [-0.4, -0.2) is 44.5 Å². The molecular formula is C22H26N2O2. The van der Waals surface area contributed by atoms with Gasteiger partial charge in [-0.15, -0.1) is 0 Å². The van der Waals surface area contributed by atoms with Gasteiger partial charge in [0.2, 0.25) is 0 Å². The summed E-state index contributed by atoms with van der Waals surface area (Å²) in [6.07, 6.45) is 6.07. The molecule has 2 aromatic rings. The maximum Gasteiger partial charge on any atom is 0.119 e. The lowest BCUT2D eigenvalue weighted by atomic mass is 9.95. The number of ether oxygens (including phenoxy) is 1. The van der Waals surface area contributed by atoms with Crippen molar-refractivity contribution in [3.05, 3.63) is 53.6 Å². The van der Waals surface area contributed by atoms with E-state index in [1.165, 1.54) is 28.8 Å². The van der Waals surface area contributed by atoms with Gasteiger partial charge >= 0.3 is 0 Å². The molecule has 26 heavy (non-hydrogen) atoms. The average molecular weight is 350 g/mol. The van der Waals surface area contributed by atoms with Crippen LogP contribution < -0.4 is 15.0 Å². The van der Waals surface area contributed by atoms with Crippen molar-refractivity contribution in [1.29, 1.82) is 0 Å². The van der Waals surface area contributed by atoms with Crippen LogP contribution in [0.5, 0.6) is 5.75 Å². The Hall–Kier alpha value is -2.30. The molecular weight excluding hydrogens is 324 g/mol. The van der Waals surface area contributed by atoms with Crippen LogP contribution in [0, 0.1) is 0 Å². The Balaban J connectivity index is 1.83. The van der Waals surface area contributed by atoms with Crippen molar-refractivity contribution in [3.8, 4) is 16.9 Å². The Labute approximate surface area is 155 Å². The third-order valence-corrected chi connectivity index (χ3v) is 5.44.